The first-order valence-electron chi connectivity index (χ1n) is 10.8. The van der Waals surface area contributed by atoms with Crippen molar-refractivity contribution >= 4 is 46.5 Å². The van der Waals surface area contributed by atoms with Crippen LogP contribution in [0.5, 0.6) is 5.75 Å². The number of piperazine rings is 1. The van der Waals surface area contributed by atoms with Crippen molar-refractivity contribution in [2.24, 2.45) is 0 Å². The summed E-state index contributed by atoms with van der Waals surface area (Å²) in [7, 11) is 1.49. The SMILES string of the molecule is COc1ccc(Cl)cc1C1(CCC(=O)N2CCN(c3cccc(Cl)c3)CC2)NC(=O)CC1=O. The van der Waals surface area contributed by atoms with Gasteiger partial charge in [-0.2, -0.15) is 0 Å². The minimum absolute atomic E-state index is 0.0601. The van der Waals surface area contributed by atoms with Crippen LogP contribution in [0.2, 0.25) is 10.0 Å². The summed E-state index contributed by atoms with van der Waals surface area (Å²) in [4.78, 5) is 42.2. The summed E-state index contributed by atoms with van der Waals surface area (Å²) in [5.74, 6) is -0.274. The third kappa shape index (κ3) is 4.80. The van der Waals surface area contributed by atoms with Crippen LogP contribution in [-0.2, 0) is 19.9 Å². The fourth-order valence-electron chi connectivity index (χ4n) is 4.56. The molecule has 0 aromatic heterocycles. The summed E-state index contributed by atoms with van der Waals surface area (Å²) in [6.07, 6.45) is 0.0165. The van der Waals surface area contributed by atoms with Crippen LogP contribution in [0.3, 0.4) is 0 Å². The molecule has 174 valence electrons. The smallest absolute Gasteiger partial charge is 0.228 e. The fourth-order valence-corrected chi connectivity index (χ4v) is 4.91. The third-order valence-electron chi connectivity index (χ3n) is 6.29. The number of halogens is 2. The van der Waals surface area contributed by atoms with Gasteiger partial charge in [0, 0.05) is 53.9 Å². The van der Waals surface area contributed by atoms with Gasteiger partial charge in [-0.15, -0.1) is 0 Å². The molecule has 0 aliphatic carbocycles. The Morgan fingerprint density at radius 2 is 1.79 bits per heavy atom. The summed E-state index contributed by atoms with van der Waals surface area (Å²) in [6.45, 7) is 2.52. The van der Waals surface area contributed by atoms with Crippen molar-refractivity contribution in [2.75, 3.05) is 38.2 Å². The number of anilines is 1. The van der Waals surface area contributed by atoms with Crippen molar-refractivity contribution in [2.45, 2.75) is 24.8 Å². The van der Waals surface area contributed by atoms with E-state index in [0.717, 1.165) is 5.69 Å². The second-order valence-electron chi connectivity index (χ2n) is 8.25. The lowest BCUT2D eigenvalue weighted by molar-refractivity contribution is -0.132. The second kappa shape index (κ2) is 9.61. The van der Waals surface area contributed by atoms with E-state index in [9.17, 15) is 14.4 Å². The zero-order valence-corrected chi connectivity index (χ0v) is 19.8. The fraction of sp³-hybridized carbons (Fsp3) is 0.375. The lowest BCUT2D eigenvalue weighted by atomic mass is 9.82. The van der Waals surface area contributed by atoms with Crippen molar-refractivity contribution in [1.29, 1.82) is 0 Å². The van der Waals surface area contributed by atoms with Crippen LogP contribution < -0.4 is 15.0 Å². The molecule has 33 heavy (non-hydrogen) atoms. The maximum Gasteiger partial charge on any atom is 0.228 e. The summed E-state index contributed by atoms with van der Waals surface area (Å²) in [5.41, 5.74) is 0.179. The number of hydrogen-bond acceptors (Lipinski definition) is 5. The Balaban J connectivity index is 1.46. The molecule has 2 saturated heterocycles. The Bertz CT molecular complexity index is 1090. The van der Waals surface area contributed by atoms with Crippen LogP contribution in [-0.4, -0.2) is 55.8 Å². The molecular formula is C24H25Cl2N3O4. The topological polar surface area (TPSA) is 79.0 Å². The number of hydrogen-bond donors (Lipinski definition) is 1. The molecule has 2 fully saturated rings. The minimum atomic E-state index is -1.33. The average molecular weight is 490 g/mol. The first-order valence-corrected chi connectivity index (χ1v) is 11.5. The summed E-state index contributed by atoms with van der Waals surface area (Å²) in [6, 6.07) is 12.6. The summed E-state index contributed by atoms with van der Waals surface area (Å²) < 4.78 is 5.43. The highest BCUT2D eigenvalue weighted by atomic mass is 35.5. The van der Waals surface area contributed by atoms with E-state index in [1.54, 1.807) is 23.1 Å². The van der Waals surface area contributed by atoms with E-state index in [1.165, 1.54) is 7.11 Å². The zero-order chi connectivity index (χ0) is 23.6. The van der Waals surface area contributed by atoms with Gasteiger partial charge in [0.05, 0.1) is 13.5 Å². The average Bonchev–Trinajstić information content (AvgIpc) is 3.11. The molecule has 2 aliphatic heterocycles. The lowest BCUT2D eigenvalue weighted by Gasteiger charge is -2.37. The Kier molecular flexibility index (Phi) is 6.81. The van der Waals surface area contributed by atoms with E-state index in [-0.39, 0.29) is 36.9 Å². The monoisotopic (exact) mass is 489 g/mol. The van der Waals surface area contributed by atoms with E-state index in [4.69, 9.17) is 27.9 Å². The largest absolute Gasteiger partial charge is 0.496 e. The van der Waals surface area contributed by atoms with Gasteiger partial charge in [0.25, 0.3) is 0 Å². The van der Waals surface area contributed by atoms with E-state index in [1.807, 2.05) is 24.3 Å². The number of rotatable bonds is 6. The van der Waals surface area contributed by atoms with E-state index >= 15 is 0 Å². The number of ether oxygens (including phenoxy) is 1. The number of Topliss-reactive ketones (excluding diaryl/α,β-unsaturated/α-hetero) is 1. The number of benzene rings is 2. The van der Waals surface area contributed by atoms with Crippen LogP contribution in [0.4, 0.5) is 5.69 Å². The lowest BCUT2D eigenvalue weighted by Crippen LogP contribution is -2.50. The van der Waals surface area contributed by atoms with Crippen LogP contribution in [0.25, 0.3) is 0 Å². The Morgan fingerprint density at radius 3 is 2.42 bits per heavy atom. The molecule has 0 spiro atoms. The molecular weight excluding hydrogens is 465 g/mol. The first kappa shape index (κ1) is 23.4. The molecule has 2 amide bonds. The molecule has 2 aliphatic rings. The molecule has 1 atom stereocenters. The quantitative estimate of drug-likeness (QED) is 0.628. The van der Waals surface area contributed by atoms with Crippen LogP contribution in [0.15, 0.2) is 42.5 Å². The van der Waals surface area contributed by atoms with E-state index in [2.05, 4.69) is 10.2 Å². The third-order valence-corrected chi connectivity index (χ3v) is 6.76. The van der Waals surface area contributed by atoms with Gasteiger partial charge in [-0.1, -0.05) is 29.3 Å². The Labute approximate surface area is 202 Å². The summed E-state index contributed by atoms with van der Waals surface area (Å²) in [5, 5.41) is 3.90. The van der Waals surface area contributed by atoms with Crippen molar-refractivity contribution in [1.82, 2.24) is 10.2 Å². The number of nitrogens with one attached hydrogen (secondary N) is 1. The number of amides is 2. The molecule has 0 saturated carbocycles. The predicted octanol–water partition coefficient (Wildman–Crippen LogP) is 3.42. The van der Waals surface area contributed by atoms with Gasteiger partial charge in [0.1, 0.15) is 11.3 Å². The standard InChI is InChI=1S/C24H25Cl2N3O4/c1-33-20-6-5-17(26)14-19(20)24(21(30)15-22(31)27-24)8-7-23(32)29-11-9-28(10-12-29)18-4-2-3-16(25)13-18/h2-6,13-14H,7-12,15H2,1H3,(H,27,31). The van der Waals surface area contributed by atoms with Gasteiger partial charge in [0.2, 0.25) is 11.8 Å². The van der Waals surface area contributed by atoms with Crippen molar-refractivity contribution in [3.05, 3.63) is 58.1 Å². The van der Waals surface area contributed by atoms with Crippen molar-refractivity contribution in [3.8, 4) is 5.75 Å². The Hall–Kier alpha value is -2.77. The Morgan fingerprint density at radius 1 is 1.06 bits per heavy atom. The van der Waals surface area contributed by atoms with Gasteiger partial charge >= 0.3 is 0 Å². The predicted molar refractivity (Wildman–Crippen MR) is 127 cm³/mol. The number of nitrogens with zero attached hydrogens (tertiary/aromatic N) is 2. The van der Waals surface area contributed by atoms with Crippen LogP contribution in [0.1, 0.15) is 24.8 Å². The maximum absolute atomic E-state index is 13.0. The van der Waals surface area contributed by atoms with Gasteiger partial charge in [-0.3, -0.25) is 14.4 Å². The highest BCUT2D eigenvalue weighted by molar-refractivity contribution is 6.31. The summed E-state index contributed by atoms with van der Waals surface area (Å²) >= 11 is 12.3. The molecule has 2 aromatic carbocycles. The van der Waals surface area contributed by atoms with Crippen molar-refractivity contribution < 1.29 is 19.1 Å². The highest BCUT2D eigenvalue weighted by Crippen LogP contribution is 2.40. The zero-order valence-electron chi connectivity index (χ0n) is 18.3. The molecule has 1 N–H and O–H groups in total. The molecule has 0 radical (unpaired) electrons. The van der Waals surface area contributed by atoms with Gasteiger partial charge in [0.15, 0.2) is 5.78 Å². The van der Waals surface area contributed by atoms with Gasteiger partial charge < -0.3 is 19.9 Å². The van der Waals surface area contributed by atoms with Gasteiger partial charge in [-0.05, 0) is 42.8 Å². The number of carbonyl (C=O) groups is 3. The molecule has 2 aromatic rings. The van der Waals surface area contributed by atoms with E-state index in [0.29, 0.717) is 47.5 Å². The molecule has 1 unspecified atom stereocenters. The highest BCUT2D eigenvalue weighted by Gasteiger charge is 2.49. The minimum Gasteiger partial charge on any atom is -0.496 e. The van der Waals surface area contributed by atoms with Crippen LogP contribution in [0, 0.1) is 0 Å². The second-order valence-corrected chi connectivity index (χ2v) is 9.12. The van der Waals surface area contributed by atoms with Gasteiger partial charge in [-0.25, -0.2) is 0 Å². The molecule has 9 heteroatoms. The molecule has 0 bridgehead atoms. The van der Waals surface area contributed by atoms with Crippen LogP contribution >= 0.6 is 23.2 Å². The van der Waals surface area contributed by atoms with Crippen molar-refractivity contribution in [3.63, 3.8) is 0 Å². The number of methoxy groups -OCH3 is 1. The molecule has 7 nitrogen and oxygen atoms in total. The number of ketones is 1. The van der Waals surface area contributed by atoms with E-state index < -0.39 is 5.54 Å². The molecule has 2 heterocycles. The normalized spacial score (nSPS) is 20.7. The maximum atomic E-state index is 13.0. The first-order chi connectivity index (χ1) is 15.8. The molecule has 4 rings (SSSR count). The number of carbonyl (C=O) groups excluding carboxylic acids is 3.